The third-order valence-corrected chi connectivity index (χ3v) is 6.52. The molecule has 0 aliphatic carbocycles. The Bertz CT molecular complexity index is 1120. The molecule has 3 rings (SSSR count). The van der Waals surface area contributed by atoms with Crippen LogP contribution in [-0.4, -0.2) is 51.9 Å². The molecule has 1 unspecified atom stereocenters. The zero-order chi connectivity index (χ0) is 24.1. The fourth-order valence-corrected chi connectivity index (χ4v) is 4.88. The number of aryl methyl sites for hydroxylation is 2. The quantitative estimate of drug-likeness (QED) is 0.416. The predicted octanol–water partition coefficient (Wildman–Crippen LogP) is 4.90. The van der Waals surface area contributed by atoms with Crippen LogP contribution in [0.25, 0.3) is 21.3 Å². The van der Waals surface area contributed by atoms with Crippen molar-refractivity contribution in [2.75, 3.05) is 19.7 Å². The Balaban J connectivity index is 1.84. The molecule has 1 atom stereocenters. The Morgan fingerprint density at radius 1 is 1.18 bits per heavy atom. The summed E-state index contributed by atoms with van der Waals surface area (Å²) in [4.78, 5) is 23.8. The van der Waals surface area contributed by atoms with Crippen molar-refractivity contribution in [3.63, 3.8) is 0 Å². The van der Waals surface area contributed by atoms with E-state index in [-0.39, 0.29) is 11.7 Å². The average molecular weight is 472 g/mol. The lowest BCUT2D eigenvalue weighted by Crippen LogP contribution is -2.37. The number of benzene rings is 1. The number of hydrogen-bond acceptors (Lipinski definition) is 6. The van der Waals surface area contributed by atoms with E-state index < -0.39 is 6.10 Å². The van der Waals surface area contributed by atoms with E-state index in [0.717, 1.165) is 34.5 Å². The summed E-state index contributed by atoms with van der Waals surface area (Å²) in [5, 5.41) is 13.1. The molecule has 1 aromatic carbocycles. The van der Waals surface area contributed by atoms with Gasteiger partial charge in [0.1, 0.15) is 10.7 Å². The van der Waals surface area contributed by atoms with E-state index >= 15 is 0 Å². The van der Waals surface area contributed by atoms with Gasteiger partial charge in [0.05, 0.1) is 30.7 Å². The van der Waals surface area contributed by atoms with Crippen LogP contribution in [-0.2, 0) is 11.3 Å². The van der Waals surface area contributed by atoms with E-state index in [0.29, 0.717) is 36.8 Å². The first-order valence-corrected chi connectivity index (χ1v) is 12.6. The molecule has 0 radical (unpaired) electrons. The number of aromatic nitrogens is 2. The largest absolute Gasteiger partial charge is 0.389 e. The molecule has 0 bridgehead atoms. The van der Waals surface area contributed by atoms with Crippen LogP contribution in [0.4, 0.5) is 0 Å². The maximum Gasteiger partial charge on any atom is 0.260 e. The van der Waals surface area contributed by atoms with Gasteiger partial charge in [0, 0.05) is 17.5 Å². The van der Waals surface area contributed by atoms with Crippen molar-refractivity contribution in [1.29, 1.82) is 0 Å². The zero-order valence-electron chi connectivity index (χ0n) is 20.6. The van der Waals surface area contributed by atoms with Gasteiger partial charge in [-0.2, -0.15) is 0 Å². The van der Waals surface area contributed by atoms with Gasteiger partial charge < -0.3 is 14.8 Å². The number of hydrogen-bond donors (Lipinski definition) is 2. The second kappa shape index (κ2) is 11.4. The van der Waals surface area contributed by atoms with Crippen LogP contribution in [0.3, 0.4) is 0 Å². The average Bonchev–Trinajstić information content (AvgIpc) is 3.14. The summed E-state index contributed by atoms with van der Waals surface area (Å²) >= 11 is 1.50. The van der Waals surface area contributed by atoms with Crippen molar-refractivity contribution in [3.05, 3.63) is 50.9 Å². The molecule has 2 heterocycles. The van der Waals surface area contributed by atoms with Crippen LogP contribution in [0.15, 0.2) is 28.4 Å². The fourth-order valence-electron chi connectivity index (χ4n) is 3.92. The van der Waals surface area contributed by atoms with Gasteiger partial charge in [0.15, 0.2) is 0 Å². The third kappa shape index (κ3) is 6.96. The molecule has 2 N–H and O–H groups in total. The lowest BCUT2D eigenvalue weighted by Gasteiger charge is -2.25. The minimum Gasteiger partial charge on any atom is -0.389 e. The Hall–Kier alpha value is -2.06. The lowest BCUT2D eigenvalue weighted by molar-refractivity contribution is -0.0103. The highest BCUT2D eigenvalue weighted by atomic mass is 32.1. The van der Waals surface area contributed by atoms with Crippen LogP contribution in [0, 0.1) is 19.8 Å². The first-order valence-electron chi connectivity index (χ1n) is 11.7. The van der Waals surface area contributed by atoms with Gasteiger partial charge in [-0.25, -0.2) is 4.98 Å². The Morgan fingerprint density at radius 3 is 2.61 bits per heavy atom. The van der Waals surface area contributed by atoms with Crippen LogP contribution in [0.1, 0.15) is 51.1 Å². The molecule has 7 heteroatoms. The predicted molar refractivity (Wildman–Crippen MR) is 137 cm³/mol. The highest BCUT2D eigenvalue weighted by Crippen LogP contribution is 2.33. The molecule has 2 aromatic heterocycles. The molecule has 6 nitrogen and oxygen atoms in total. The number of H-pyrrole nitrogens is 1. The van der Waals surface area contributed by atoms with E-state index in [1.165, 1.54) is 16.9 Å². The van der Waals surface area contributed by atoms with Crippen molar-refractivity contribution in [3.8, 4) is 11.1 Å². The first-order chi connectivity index (χ1) is 15.6. The van der Waals surface area contributed by atoms with Crippen LogP contribution in [0.5, 0.6) is 0 Å². The van der Waals surface area contributed by atoms with Crippen LogP contribution in [0.2, 0.25) is 0 Å². The molecular weight excluding hydrogens is 434 g/mol. The maximum atomic E-state index is 13.1. The first kappa shape index (κ1) is 25.6. The van der Waals surface area contributed by atoms with Gasteiger partial charge >= 0.3 is 0 Å². The van der Waals surface area contributed by atoms with Crippen molar-refractivity contribution < 1.29 is 9.84 Å². The van der Waals surface area contributed by atoms with Gasteiger partial charge in [0.2, 0.25) is 0 Å². The van der Waals surface area contributed by atoms with E-state index in [1.54, 1.807) is 0 Å². The van der Waals surface area contributed by atoms with Gasteiger partial charge in [0.25, 0.3) is 5.56 Å². The molecule has 33 heavy (non-hydrogen) atoms. The standard InChI is InChI=1S/C26H37N3O3S/c1-16(2)9-10-29(12-20(30)14-32-17(3)4)13-23-27-25(31)24-22(15-33-26(24)28-23)21-8-7-18(5)11-19(21)6/h7-8,11,15-17,20,30H,9-10,12-14H2,1-6H3,(H,27,28,31). The highest BCUT2D eigenvalue weighted by Gasteiger charge is 2.18. The number of thiophene rings is 1. The Morgan fingerprint density at radius 2 is 1.94 bits per heavy atom. The smallest absolute Gasteiger partial charge is 0.260 e. The monoisotopic (exact) mass is 471 g/mol. The molecular formula is C26H37N3O3S. The summed E-state index contributed by atoms with van der Waals surface area (Å²) in [7, 11) is 0. The van der Waals surface area contributed by atoms with E-state index in [1.807, 2.05) is 19.2 Å². The topological polar surface area (TPSA) is 78.5 Å². The molecule has 0 saturated heterocycles. The molecule has 0 saturated carbocycles. The van der Waals surface area contributed by atoms with E-state index in [2.05, 4.69) is 55.8 Å². The van der Waals surface area contributed by atoms with E-state index in [4.69, 9.17) is 9.72 Å². The van der Waals surface area contributed by atoms with Gasteiger partial charge in [-0.15, -0.1) is 11.3 Å². The van der Waals surface area contributed by atoms with Gasteiger partial charge in [-0.3, -0.25) is 9.69 Å². The fraction of sp³-hybridized carbons (Fsp3) is 0.538. The van der Waals surface area contributed by atoms with Crippen molar-refractivity contribution in [1.82, 2.24) is 14.9 Å². The number of nitrogens with one attached hydrogen (secondary N) is 1. The summed E-state index contributed by atoms with van der Waals surface area (Å²) in [5.74, 6) is 1.17. The van der Waals surface area contributed by atoms with Gasteiger partial charge in [-0.05, 0) is 57.7 Å². The summed E-state index contributed by atoms with van der Waals surface area (Å²) in [6.45, 7) is 14.5. The zero-order valence-corrected chi connectivity index (χ0v) is 21.5. The normalized spacial score (nSPS) is 13.0. The summed E-state index contributed by atoms with van der Waals surface area (Å²) in [5.41, 5.74) is 4.24. The second-order valence-corrected chi connectivity index (χ2v) is 10.5. The van der Waals surface area contributed by atoms with E-state index in [9.17, 15) is 9.90 Å². The van der Waals surface area contributed by atoms with Crippen molar-refractivity contribution >= 4 is 21.6 Å². The van der Waals surface area contributed by atoms with Crippen LogP contribution >= 0.6 is 11.3 Å². The summed E-state index contributed by atoms with van der Waals surface area (Å²) < 4.78 is 5.57. The third-order valence-electron chi connectivity index (χ3n) is 5.65. The van der Waals surface area contributed by atoms with Crippen molar-refractivity contribution in [2.45, 2.75) is 66.7 Å². The second-order valence-electron chi connectivity index (χ2n) is 9.61. The van der Waals surface area contributed by atoms with Gasteiger partial charge in [-0.1, -0.05) is 37.6 Å². The molecule has 0 fully saturated rings. The SMILES string of the molecule is Cc1ccc(-c2csc3nc(CN(CCC(C)C)CC(O)COC(C)C)[nH]c(=O)c23)c(C)c1. The number of rotatable bonds is 11. The Kier molecular flexibility index (Phi) is 8.82. The number of aliphatic hydroxyl groups is 1. The maximum absolute atomic E-state index is 13.1. The minimum atomic E-state index is -0.590. The lowest BCUT2D eigenvalue weighted by atomic mass is 9.99. The molecule has 180 valence electrons. The number of nitrogens with zero attached hydrogens (tertiary/aromatic N) is 2. The molecule has 3 aromatic rings. The molecule has 0 aliphatic rings. The summed E-state index contributed by atoms with van der Waals surface area (Å²) in [6, 6.07) is 6.28. The minimum absolute atomic E-state index is 0.0781. The number of ether oxygens (including phenoxy) is 1. The molecule has 0 amide bonds. The van der Waals surface area contributed by atoms with Crippen molar-refractivity contribution in [2.24, 2.45) is 5.92 Å². The number of aliphatic hydroxyl groups excluding tert-OH is 1. The highest BCUT2D eigenvalue weighted by molar-refractivity contribution is 7.17. The number of aromatic amines is 1. The number of fused-ring (bicyclic) bond motifs is 1. The molecule has 0 aliphatic heterocycles. The Labute approximate surface area is 200 Å². The molecule has 0 spiro atoms. The van der Waals surface area contributed by atoms with Crippen LogP contribution < -0.4 is 5.56 Å². The summed E-state index contributed by atoms with van der Waals surface area (Å²) in [6.07, 6.45) is 0.488.